The maximum atomic E-state index is 13.8. The molecule has 20 heavy (non-hydrogen) atoms. The van der Waals surface area contributed by atoms with Gasteiger partial charge in [-0.2, -0.15) is 24.8 Å². The van der Waals surface area contributed by atoms with E-state index < -0.39 is 5.82 Å². The standard InChI is InChI=1S/C13H7ClFN5/c1-7-2-8(5-16)10(15)3-9(7)11-4-12(14)19-13-17-6-18-20(11)13/h2-4,6H,1H3. The summed E-state index contributed by atoms with van der Waals surface area (Å²) in [4.78, 5) is 7.98. The van der Waals surface area contributed by atoms with Gasteiger partial charge >= 0.3 is 0 Å². The molecule has 2 aromatic heterocycles. The fourth-order valence-corrected chi connectivity index (χ4v) is 2.20. The third-order valence-electron chi connectivity index (χ3n) is 2.93. The zero-order valence-electron chi connectivity index (χ0n) is 10.3. The van der Waals surface area contributed by atoms with E-state index in [0.29, 0.717) is 17.0 Å². The molecule has 0 bridgehead atoms. The van der Waals surface area contributed by atoms with Crippen molar-refractivity contribution < 1.29 is 4.39 Å². The topological polar surface area (TPSA) is 66.9 Å². The molecule has 0 unspecified atom stereocenters. The molecule has 0 aliphatic heterocycles. The Bertz CT molecular complexity index is 865. The summed E-state index contributed by atoms with van der Waals surface area (Å²) >= 11 is 5.94. The maximum Gasteiger partial charge on any atom is 0.254 e. The number of benzene rings is 1. The highest BCUT2D eigenvalue weighted by Crippen LogP contribution is 2.27. The normalized spacial score (nSPS) is 10.7. The van der Waals surface area contributed by atoms with Gasteiger partial charge in [0.15, 0.2) is 0 Å². The Morgan fingerprint density at radius 1 is 1.35 bits per heavy atom. The molecule has 0 atom stereocenters. The van der Waals surface area contributed by atoms with Crippen molar-refractivity contribution in [2.45, 2.75) is 6.92 Å². The molecule has 3 aromatic rings. The Morgan fingerprint density at radius 2 is 2.15 bits per heavy atom. The first-order valence-corrected chi connectivity index (χ1v) is 6.05. The van der Waals surface area contributed by atoms with E-state index >= 15 is 0 Å². The van der Waals surface area contributed by atoms with Crippen LogP contribution >= 0.6 is 11.6 Å². The zero-order valence-corrected chi connectivity index (χ0v) is 11.1. The first-order valence-electron chi connectivity index (χ1n) is 5.67. The lowest BCUT2D eigenvalue weighted by atomic mass is 10.0. The van der Waals surface area contributed by atoms with Crippen LogP contribution in [0.1, 0.15) is 11.1 Å². The Hall–Kier alpha value is -2.52. The number of hydrogen-bond acceptors (Lipinski definition) is 4. The molecule has 7 heteroatoms. The Kier molecular flexibility index (Phi) is 2.84. The molecule has 0 aliphatic rings. The third kappa shape index (κ3) is 1.89. The third-order valence-corrected chi connectivity index (χ3v) is 3.12. The first kappa shape index (κ1) is 12.5. The van der Waals surface area contributed by atoms with Gasteiger partial charge in [-0.1, -0.05) is 11.6 Å². The summed E-state index contributed by atoms with van der Waals surface area (Å²) in [5.74, 6) is -0.258. The average molecular weight is 288 g/mol. The fourth-order valence-electron chi connectivity index (χ4n) is 2.02. The second-order valence-electron chi connectivity index (χ2n) is 4.19. The molecule has 2 heterocycles. The highest BCUT2D eigenvalue weighted by molar-refractivity contribution is 6.29. The van der Waals surface area contributed by atoms with Crippen LogP contribution in [0.3, 0.4) is 0 Å². The molecular weight excluding hydrogens is 281 g/mol. The predicted molar refractivity (Wildman–Crippen MR) is 70.6 cm³/mol. The van der Waals surface area contributed by atoms with Gasteiger partial charge in [-0.3, -0.25) is 0 Å². The highest BCUT2D eigenvalue weighted by Gasteiger charge is 2.14. The molecule has 0 saturated carbocycles. The number of hydrogen-bond donors (Lipinski definition) is 0. The van der Waals surface area contributed by atoms with Crippen LogP contribution in [-0.4, -0.2) is 19.6 Å². The molecule has 0 aliphatic carbocycles. The van der Waals surface area contributed by atoms with Crippen molar-refractivity contribution in [3.05, 3.63) is 46.6 Å². The van der Waals surface area contributed by atoms with Gasteiger partial charge in [0.25, 0.3) is 5.78 Å². The predicted octanol–water partition coefficient (Wildman–Crippen LogP) is 2.76. The minimum atomic E-state index is -0.589. The molecule has 1 aromatic carbocycles. The van der Waals surface area contributed by atoms with Crippen molar-refractivity contribution in [1.29, 1.82) is 5.26 Å². The van der Waals surface area contributed by atoms with Crippen LogP contribution in [0.2, 0.25) is 5.15 Å². The van der Waals surface area contributed by atoms with Crippen molar-refractivity contribution in [1.82, 2.24) is 19.6 Å². The van der Waals surface area contributed by atoms with E-state index in [1.807, 2.05) is 6.07 Å². The number of aryl methyl sites for hydroxylation is 1. The SMILES string of the molecule is Cc1cc(C#N)c(F)cc1-c1cc(Cl)nc2ncnn12. The smallest absolute Gasteiger partial charge is 0.206 e. The zero-order chi connectivity index (χ0) is 14.3. The van der Waals surface area contributed by atoms with E-state index in [4.69, 9.17) is 16.9 Å². The van der Waals surface area contributed by atoms with Crippen LogP contribution in [0.15, 0.2) is 24.5 Å². The van der Waals surface area contributed by atoms with Crippen molar-refractivity contribution in [3.8, 4) is 17.3 Å². The van der Waals surface area contributed by atoms with E-state index in [9.17, 15) is 4.39 Å². The largest absolute Gasteiger partial charge is 0.254 e. The summed E-state index contributed by atoms with van der Waals surface area (Å²) in [7, 11) is 0. The van der Waals surface area contributed by atoms with Gasteiger partial charge in [-0.25, -0.2) is 4.39 Å². The average Bonchev–Trinajstić information content (AvgIpc) is 2.88. The van der Waals surface area contributed by atoms with Crippen molar-refractivity contribution in [2.24, 2.45) is 0 Å². The van der Waals surface area contributed by atoms with Crippen LogP contribution in [0, 0.1) is 24.1 Å². The van der Waals surface area contributed by atoms with Gasteiger partial charge in [0, 0.05) is 11.6 Å². The number of nitrogens with zero attached hydrogens (tertiary/aromatic N) is 5. The monoisotopic (exact) mass is 287 g/mol. The highest BCUT2D eigenvalue weighted by atomic mass is 35.5. The first-order chi connectivity index (χ1) is 9.60. The molecule has 0 fully saturated rings. The second kappa shape index (κ2) is 4.54. The minimum Gasteiger partial charge on any atom is -0.206 e. The van der Waals surface area contributed by atoms with Crippen molar-refractivity contribution in [3.63, 3.8) is 0 Å². The van der Waals surface area contributed by atoms with Gasteiger partial charge < -0.3 is 0 Å². The summed E-state index contributed by atoms with van der Waals surface area (Å²) in [6.45, 7) is 1.78. The molecule has 0 saturated heterocycles. The number of halogens is 2. The van der Waals surface area contributed by atoms with Crippen LogP contribution in [0.4, 0.5) is 4.39 Å². The van der Waals surface area contributed by atoms with E-state index in [-0.39, 0.29) is 10.7 Å². The number of fused-ring (bicyclic) bond motifs is 1. The molecule has 3 rings (SSSR count). The van der Waals surface area contributed by atoms with Crippen molar-refractivity contribution in [2.75, 3.05) is 0 Å². The Balaban J connectivity index is 2.34. The van der Waals surface area contributed by atoms with Gasteiger partial charge in [0.1, 0.15) is 23.4 Å². The lowest BCUT2D eigenvalue weighted by Crippen LogP contribution is -1.99. The summed E-state index contributed by atoms with van der Waals surface area (Å²) in [6.07, 6.45) is 1.34. The molecule has 0 spiro atoms. The van der Waals surface area contributed by atoms with Crippen LogP contribution in [0.25, 0.3) is 17.0 Å². The molecule has 0 radical (unpaired) electrons. The van der Waals surface area contributed by atoms with E-state index in [1.165, 1.54) is 23.0 Å². The molecule has 0 amide bonds. The van der Waals surface area contributed by atoms with Gasteiger partial charge in [0.2, 0.25) is 0 Å². The maximum absolute atomic E-state index is 13.8. The van der Waals surface area contributed by atoms with Gasteiger partial charge in [0.05, 0.1) is 11.3 Å². The summed E-state index contributed by atoms with van der Waals surface area (Å²) in [5, 5.41) is 13.1. The number of nitriles is 1. The molecular formula is C13H7ClFN5. The van der Waals surface area contributed by atoms with Gasteiger partial charge in [-0.15, -0.1) is 0 Å². The lowest BCUT2D eigenvalue weighted by Gasteiger charge is -2.09. The number of rotatable bonds is 1. The Labute approximate surface area is 118 Å². The summed E-state index contributed by atoms with van der Waals surface area (Å²) in [5.41, 5.74) is 1.89. The minimum absolute atomic E-state index is 0.00115. The van der Waals surface area contributed by atoms with E-state index in [1.54, 1.807) is 13.0 Å². The summed E-state index contributed by atoms with van der Waals surface area (Å²) < 4.78 is 15.3. The quantitative estimate of drug-likeness (QED) is 0.645. The lowest BCUT2D eigenvalue weighted by molar-refractivity contribution is 0.624. The van der Waals surface area contributed by atoms with Crippen LogP contribution in [0.5, 0.6) is 0 Å². The van der Waals surface area contributed by atoms with E-state index in [2.05, 4.69) is 15.1 Å². The molecule has 0 N–H and O–H groups in total. The van der Waals surface area contributed by atoms with Gasteiger partial charge in [-0.05, 0) is 24.6 Å². The number of aromatic nitrogens is 4. The van der Waals surface area contributed by atoms with E-state index in [0.717, 1.165) is 5.56 Å². The van der Waals surface area contributed by atoms with Crippen LogP contribution in [-0.2, 0) is 0 Å². The fraction of sp³-hybridized carbons (Fsp3) is 0.0769. The summed E-state index contributed by atoms with van der Waals surface area (Å²) in [6, 6.07) is 6.17. The molecule has 98 valence electrons. The van der Waals surface area contributed by atoms with Crippen LogP contribution < -0.4 is 0 Å². The van der Waals surface area contributed by atoms with Crippen molar-refractivity contribution >= 4 is 17.4 Å². The Morgan fingerprint density at radius 3 is 2.90 bits per heavy atom. The molecule has 5 nitrogen and oxygen atoms in total. The second-order valence-corrected chi connectivity index (χ2v) is 4.58.